The number of hydrogen-bond donors (Lipinski definition) is 0. The molecule has 0 aliphatic carbocycles. The summed E-state index contributed by atoms with van der Waals surface area (Å²) in [6.07, 6.45) is 0. The molecular weight excluding hydrogens is 300 g/mol. The average Bonchev–Trinajstić information content (AvgIpc) is 2.41. The summed E-state index contributed by atoms with van der Waals surface area (Å²) in [6.45, 7) is 2.79. The van der Waals surface area contributed by atoms with Gasteiger partial charge in [-0.3, -0.25) is 0 Å². The molecule has 0 saturated heterocycles. The predicted molar refractivity (Wildman–Crippen MR) is 82.1 cm³/mol. The molecule has 3 heteroatoms. The van der Waals surface area contributed by atoms with Gasteiger partial charge in [-0.1, -0.05) is 34.1 Å². The molecule has 0 saturated carbocycles. The van der Waals surface area contributed by atoms with E-state index >= 15 is 0 Å². The number of nitriles is 1. The minimum atomic E-state index is 0.734. The standard InChI is InChI=1S/C16H15BrN2/c1-12-9-15(8-7-13(12)10-18)19(2)11-14-5-3-4-6-16(14)17/h3-9H,11H2,1-2H3. The topological polar surface area (TPSA) is 27.0 Å². The van der Waals surface area contributed by atoms with E-state index in [4.69, 9.17) is 5.26 Å². The van der Waals surface area contributed by atoms with Gasteiger partial charge in [0.05, 0.1) is 11.6 Å². The van der Waals surface area contributed by atoms with Gasteiger partial charge in [-0.15, -0.1) is 0 Å². The van der Waals surface area contributed by atoms with Crippen LogP contribution < -0.4 is 4.90 Å². The minimum absolute atomic E-state index is 0.734. The summed E-state index contributed by atoms with van der Waals surface area (Å²) in [5, 5.41) is 8.95. The molecule has 0 aliphatic rings. The Hall–Kier alpha value is -1.79. The Morgan fingerprint density at radius 3 is 2.58 bits per heavy atom. The second kappa shape index (κ2) is 5.90. The van der Waals surface area contributed by atoms with Crippen LogP contribution >= 0.6 is 15.9 Å². The van der Waals surface area contributed by atoms with Crippen molar-refractivity contribution in [1.29, 1.82) is 5.26 Å². The third-order valence-electron chi connectivity index (χ3n) is 3.14. The van der Waals surface area contributed by atoms with Crippen LogP contribution in [0.4, 0.5) is 5.69 Å². The number of aryl methyl sites for hydroxylation is 1. The molecule has 2 aromatic carbocycles. The van der Waals surface area contributed by atoms with Crippen molar-refractivity contribution < 1.29 is 0 Å². The van der Waals surface area contributed by atoms with Crippen molar-refractivity contribution in [2.24, 2.45) is 0 Å². The first-order chi connectivity index (χ1) is 9.11. The highest BCUT2D eigenvalue weighted by Crippen LogP contribution is 2.22. The van der Waals surface area contributed by atoms with Crippen molar-refractivity contribution in [1.82, 2.24) is 0 Å². The van der Waals surface area contributed by atoms with Gasteiger partial charge in [0.2, 0.25) is 0 Å². The molecule has 0 N–H and O–H groups in total. The van der Waals surface area contributed by atoms with E-state index in [1.54, 1.807) is 0 Å². The Balaban J connectivity index is 2.21. The largest absolute Gasteiger partial charge is 0.370 e. The summed E-state index contributed by atoms with van der Waals surface area (Å²) in [5.74, 6) is 0. The highest BCUT2D eigenvalue weighted by Gasteiger charge is 2.06. The van der Waals surface area contributed by atoms with Crippen molar-refractivity contribution in [2.45, 2.75) is 13.5 Å². The number of hydrogen-bond acceptors (Lipinski definition) is 2. The molecule has 0 amide bonds. The van der Waals surface area contributed by atoms with Crippen LogP contribution in [0, 0.1) is 18.3 Å². The van der Waals surface area contributed by atoms with Crippen LogP contribution in [0.1, 0.15) is 16.7 Å². The van der Waals surface area contributed by atoms with Gasteiger partial charge in [0.15, 0.2) is 0 Å². The lowest BCUT2D eigenvalue weighted by molar-refractivity contribution is 0.917. The second-order valence-corrected chi connectivity index (χ2v) is 5.41. The Morgan fingerprint density at radius 1 is 1.21 bits per heavy atom. The molecule has 0 unspecified atom stereocenters. The summed E-state index contributed by atoms with van der Waals surface area (Å²) in [5.41, 5.74) is 4.11. The number of nitrogens with zero attached hydrogens (tertiary/aromatic N) is 2. The van der Waals surface area contributed by atoms with Gasteiger partial charge >= 0.3 is 0 Å². The molecule has 0 fully saturated rings. The van der Waals surface area contributed by atoms with Crippen molar-refractivity contribution >= 4 is 21.6 Å². The van der Waals surface area contributed by atoms with Crippen LogP contribution in [0.5, 0.6) is 0 Å². The zero-order valence-electron chi connectivity index (χ0n) is 11.0. The van der Waals surface area contributed by atoms with Gasteiger partial charge in [0.1, 0.15) is 0 Å². The maximum Gasteiger partial charge on any atom is 0.0994 e. The lowest BCUT2D eigenvalue weighted by atomic mass is 10.1. The first kappa shape index (κ1) is 13.6. The Bertz CT molecular complexity index is 629. The summed E-state index contributed by atoms with van der Waals surface area (Å²) in [7, 11) is 2.06. The van der Waals surface area contributed by atoms with Gasteiger partial charge < -0.3 is 4.90 Å². The third kappa shape index (κ3) is 3.15. The van der Waals surface area contributed by atoms with Crippen LogP contribution in [0.15, 0.2) is 46.9 Å². The second-order valence-electron chi connectivity index (χ2n) is 4.56. The lowest BCUT2D eigenvalue weighted by Crippen LogP contribution is -2.16. The first-order valence-electron chi connectivity index (χ1n) is 6.07. The fourth-order valence-electron chi connectivity index (χ4n) is 1.98. The minimum Gasteiger partial charge on any atom is -0.370 e. The highest BCUT2D eigenvalue weighted by atomic mass is 79.9. The number of anilines is 1. The molecule has 96 valence electrons. The zero-order valence-corrected chi connectivity index (χ0v) is 12.6. The Morgan fingerprint density at radius 2 is 1.95 bits per heavy atom. The maximum absolute atomic E-state index is 8.95. The highest BCUT2D eigenvalue weighted by molar-refractivity contribution is 9.10. The van der Waals surface area contributed by atoms with Gasteiger partial charge in [-0.05, 0) is 42.3 Å². The van der Waals surface area contributed by atoms with E-state index in [9.17, 15) is 0 Å². The molecule has 0 heterocycles. The maximum atomic E-state index is 8.95. The fourth-order valence-corrected chi connectivity index (χ4v) is 2.39. The fraction of sp³-hybridized carbons (Fsp3) is 0.188. The van der Waals surface area contributed by atoms with Crippen LogP contribution in [0.25, 0.3) is 0 Å². The van der Waals surface area contributed by atoms with Crippen LogP contribution in [-0.4, -0.2) is 7.05 Å². The quantitative estimate of drug-likeness (QED) is 0.846. The van der Waals surface area contributed by atoms with Crippen LogP contribution in [-0.2, 0) is 6.54 Å². The summed E-state index contributed by atoms with van der Waals surface area (Å²) in [6, 6.07) is 16.3. The summed E-state index contributed by atoms with van der Waals surface area (Å²) < 4.78 is 1.12. The van der Waals surface area contributed by atoms with E-state index in [0.29, 0.717) is 0 Å². The normalized spacial score (nSPS) is 10.0. The van der Waals surface area contributed by atoms with E-state index in [1.165, 1.54) is 5.56 Å². The van der Waals surface area contributed by atoms with Gasteiger partial charge in [-0.2, -0.15) is 5.26 Å². The van der Waals surface area contributed by atoms with Gasteiger partial charge in [0.25, 0.3) is 0 Å². The van der Waals surface area contributed by atoms with Crippen molar-refractivity contribution in [3.63, 3.8) is 0 Å². The SMILES string of the molecule is Cc1cc(N(C)Cc2ccccc2Br)ccc1C#N. The zero-order chi connectivity index (χ0) is 13.8. The lowest BCUT2D eigenvalue weighted by Gasteiger charge is -2.21. The first-order valence-corrected chi connectivity index (χ1v) is 6.86. The van der Waals surface area contributed by atoms with E-state index in [-0.39, 0.29) is 0 Å². The Kier molecular flexibility index (Phi) is 4.24. The smallest absolute Gasteiger partial charge is 0.0994 e. The molecular formula is C16H15BrN2. The Labute approximate surface area is 122 Å². The number of halogens is 1. The molecule has 0 spiro atoms. The van der Waals surface area contributed by atoms with Crippen molar-refractivity contribution in [3.05, 3.63) is 63.6 Å². The van der Waals surface area contributed by atoms with Crippen molar-refractivity contribution in [3.8, 4) is 6.07 Å². The molecule has 19 heavy (non-hydrogen) atoms. The molecule has 0 bridgehead atoms. The number of benzene rings is 2. The molecule has 2 nitrogen and oxygen atoms in total. The predicted octanol–water partition coefficient (Wildman–Crippen LogP) is 4.27. The average molecular weight is 315 g/mol. The van der Waals surface area contributed by atoms with Gasteiger partial charge in [-0.25, -0.2) is 0 Å². The molecule has 0 atom stereocenters. The molecule has 0 radical (unpaired) electrons. The van der Waals surface area contributed by atoms with Crippen molar-refractivity contribution in [2.75, 3.05) is 11.9 Å². The monoisotopic (exact) mass is 314 g/mol. The van der Waals surface area contributed by atoms with Crippen LogP contribution in [0.2, 0.25) is 0 Å². The van der Waals surface area contributed by atoms with Crippen LogP contribution in [0.3, 0.4) is 0 Å². The number of rotatable bonds is 3. The van der Waals surface area contributed by atoms with E-state index < -0.39 is 0 Å². The summed E-state index contributed by atoms with van der Waals surface area (Å²) in [4.78, 5) is 2.17. The van der Waals surface area contributed by atoms with E-state index in [1.807, 2.05) is 37.3 Å². The summed E-state index contributed by atoms with van der Waals surface area (Å²) >= 11 is 3.56. The molecule has 0 aromatic heterocycles. The van der Waals surface area contributed by atoms with E-state index in [2.05, 4.69) is 46.1 Å². The molecule has 0 aliphatic heterocycles. The van der Waals surface area contributed by atoms with Gasteiger partial charge in [0, 0.05) is 23.8 Å². The molecule has 2 rings (SSSR count). The molecule has 2 aromatic rings. The third-order valence-corrected chi connectivity index (χ3v) is 3.91. The van der Waals surface area contributed by atoms with E-state index in [0.717, 1.165) is 27.8 Å².